The van der Waals surface area contributed by atoms with Crippen LogP contribution in [0, 0.1) is 0 Å². The minimum absolute atomic E-state index is 0.0618. The SMILES string of the molecule is CN=C(N)c1ccc2c(=O)n(-c3ccc(CC(=O)CS(=O)(=O)c4ccc(Cl)s4)cn3)ccc2c1. The molecule has 0 unspecified atom stereocenters. The van der Waals surface area contributed by atoms with Crippen LogP contribution in [-0.2, 0) is 21.1 Å². The summed E-state index contributed by atoms with van der Waals surface area (Å²) in [6.07, 6.45) is 2.97. The van der Waals surface area contributed by atoms with Gasteiger partial charge in [0, 0.05) is 36.8 Å². The van der Waals surface area contributed by atoms with Gasteiger partial charge in [-0.05, 0) is 47.3 Å². The maximum Gasteiger partial charge on any atom is 0.264 e. The van der Waals surface area contributed by atoms with E-state index in [0.29, 0.717) is 26.9 Å². The van der Waals surface area contributed by atoms with Crippen LogP contribution in [0.4, 0.5) is 0 Å². The topological polar surface area (TPSA) is 124 Å². The van der Waals surface area contributed by atoms with Crippen LogP contribution in [0.3, 0.4) is 0 Å². The normalized spacial score (nSPS) is 12.2. The van der Waals surface area contributed by atoms with Gasteiger partial charge in [0.2, 0.25) is 0 Å². The number of carbonyl (C=O) groups excluding carboxylic acids is 1. The number of sulfone groups is 1. The molecule has 1 aromatic carbocycles. The second kappa shape index (κ2) is 9.49. The minimum Gasteiger partial charge on any atom is -0.384 e. The average molecular weight is 515 g/mol. The highest BCUT2D eigenvalue weighted by atomic mass is 35.5. The largest absolute Gasteiger partial charge is 0.384 e. The number of amidine groups is 1. The van der Waals surface area contributed by atoms with Gasteiger partial charge in [0.05, 0.1) is 4.34 Å². The number of benzene rings is 1. The van der Waals surface area contributed by atoms with Gasteiger partial charge < -0.3 is 5.73 Å². The van der Waals surface area contributed by atoms with Gasteiger partial charge in [-0.25, -0.2) is 13.4 Å². The first kappa shape index (κ1) is 23.8. The highest BCUT2D eigenvalue weighted by Gasteiger charge is 2.21. The second-order valence-electron chi connectivity index (χ2n) is 7.46. The molecule has 4 aromatic rings. The van der Waals surface area contributed by atoms with Crippen molar-refractivity contribution >= 4 is 55.2 Å². The predicted octanol–water partition coefficient (Wildman–Crippen LogP) is 3.02. The van der Waals surface area contributed by atoms with E-state index in [1.165, 1.54) is 22.9 Å². The lowest BCUT2D eigenvalue weighted by atomic mass is 10.1. The molecule has 4 rings (SSSR count). The Morgan fingerprint density at radius 2 is 1.97 bits per heavy atom. The summed E-state index contributed by atoms with van der Waals surface area (Å²) in [5, 5.41) is 1.22. The first-order valence-corrected chi connectivity index (χ1v) is 12.9. The highest BCUT2D eigenvalue weighted by molar-refractivity contribution is 7.94. The van der Waals surface area contributed by atoms with Crippen molar-refractivity contribution < 1.29 is 13.2 Å². The van der Waals surface area contributed by atoms with Gasteiger partial charge in [-0.1, -0.05) is 23.7 Å². The van der Waals surface area contributed by atoms with Gasteiger partial charge in [0.1, 0.15) is 21.6 Å². The van der Waals surface area contributed by atoms with Crippen LogP contribution < -0.4 is 11.3 Å². The molecule has 0 aliphatic rings. The van der Waals surface area contributed by atoms with Crippen LogP contribution >= 0.6 is 22.9 Å². The van der Waals surface area contributed by atoms with Gasteiger partial charge in [-0.2, -0.15) is 0 Å². The zero-order valence-electron chi connectivity index (χ0n) is 17.9. The molecule has 0 amide bonds. The third kappa shape index (κ3) is 4.93. The Kier molecular flexibility index (Phi) is 6.65. The number of carbonyl (C=O) groups is 1. The van der Waals surface area contributed by atoms with Crippen molar-refractivity contribution in [2.24, 2.45) is 10.7 Å². The Morgan fingerprint density at radius 1 is 1.18 bits per heavy atom. The molecule has 3 heterocycles. The van der Waals surface area contributed by atoms with Gasteiger partial charge >= 0.3 is 0 Å². The standard InChI is InChI=1S/C23H19ClN4O4S2/c1-26-22(25)16-3-4-18-15(11-16)8-9-28(23(18)30)20-6-2-14(12-27-20)10-17(29)13-34(31,32)21-7-5-19(24)33-21/h2-9,11-12H,10,13H2,1H3,(H2,25,26). The molecular weight excluding hydrogens is 496 g/mol. The van der Waals surface area contributed by atoms with E-state index in [1.54, 1.807) is 49.6 Å². The maximum atomic E-state index is 13.0. The van der Waals surface area contributed by atoms with E-state index in [-0.39, 0.29) is 16.2 Å². The lowest BCUT2D eigenvalue weighted by molar-refractivity contribution is -0.116. The van der Waals surface area contributed by atoms with Crippen molar-refractivity contribution in [1.82, 2.24) is 9.55 Å². The Labute approximate surface area is 204 Å². The summed E-state index contributed by atoms with van der Waals surface area (Å²) in [6.45, 7) is 0. The van der Waals surface area contributed by atoms with Crippen LogP contribution in [0.5, 0.6) is 0 Å². The molecule has 0 saturated carbocycles. The Balaban J connectivity index is 1.52. The highest BCUT2D eigenvalue weighted by Crippen LogP contribution is 2.26. The number of hydrogen-bond donors (Lipinski definition) is 1. The number of halogens is 1. The smallest absolute Gasteiger partial charge is 0.264 e. The molecule has 0 spiro atoms. The molecule has 0 bridgehead atoms. The van der Waals surface area contributed by atoms with Gasteiger partial charge in [0.15, 0.2) is 15.6 Å². The van der Waals surface area contributed by atoms with E-state index in [4.69, 9.17) is 17.3 Å². The average Bonchev–Trinajstić information content (AvgIpc) is 3.26. The molecule has 34 heavy (non-hydrogen) atoms. The molecule has 2 N–H and O–H groups in total. The molecular formula is C23H19ClN4O4S2. The minimum atomic E-state index is -3.74. The summed E-state index contributed by atoms with van der Waals surface area (Å²) < 4.78 is 26.5. The molecule has 0 aliphatic heterocycles. The second-order valence-corrected chi connectivity index (χ2v) is 11.4. The number of aliphatic imine (C=N–C) groups is 1. The lowest BCUT2D eigenvalue weighted by Crippen LogP contribution is -2.20. The van der Waals surface area contributed by atoms with Crippen LogP contribution in [0.2, 0.25) is 4.34 Å². The number of ketones is 1. The molecule has 174 valence electrons. The fraction of sp³-hybridized carbons (Fsp3) is 0.130. The lowest BCUT2D eigenvalue weighted by Gasteiger charge is -2.09. The van der Waals surface area contributed by atoms with E-state index in [1.807, 2.05) is 0 Å². The fourth-order valence-corrected chi connectivity index (χ4v) is 6.22. The van der Waals surface area contributed by atoms with E-state index in [0.717, 1.165) is 22.3 Å². The monoisotopic (exact) mass is 514 g/mol. The molecule has 0 saturated heterocycles. The van der Waals surface area contributed by atoms with Crippen LogP contribution in [-0.4, -0.2) is 42.4 Å². The first-order valence-electron chi connectivity index (χ1n) is 10.0. The molecule has 3 aromatic heterocycles. The fourth-order valence-electron chi connectivity index (χ4n) is 3.41. The van der Waals surface area contributed by atoms with E-state index in [2.05, 4.69) is 9.98 Å². The number of rotatable bonds is 7. The quantitative estimate of drug-likeness (QED) is 0.298. The third-order valence-corrected chi connectivity index (χ3v) is 8.59. The van der Waals surface area contributed by atoms with Gasteiger partial charge in [-0.15, -0.1) is 11.3 Å². The number of pyridine rings is 2. The molecule has 0 fully saturated rings. The van der Waals surface area contributed by atoms with Crippen molar-refractivity contribution in [2.75, 3.05) is 12.8 Å². The first-order chi connectivity index (χ1) is 16.2. The predicted molar refractivity (Wildman–Crippen MR) is 134 cm³/mol. The summed E-state index contributed by atoms with van der Waals surface area (Å²) in [6, 6.07) is 13.1. The Morgan fingerprint density at radius 3 is 2.62 bits per heavy atom. The van der Waals surface area contributed by atoms with E-state index >= 15 is 0 Å². The van der Waals surface area contributed by atoms with Crippen LogP contribution in [0.1, 0.15) is 11.1 Å². The maximum absolute atomic E-state index is 13.0. The van der Waals surface area contributed by atoms with Crippen molar-refractivity contribution in [2.45, 2.75) is 10.6 Å². The number of hydrogen-bond acceptors (Lipinski definition) is 7. The summed E-state index contributed by atoms with van der Waals surface area (Å²) in [7, 11) is -2.15. The van der Waals surface area contributed by atoms with Crippen LogP contribution in [0.15, 0.2) is 74.9 Å². The van der Waals surface area contributed by atoms with E-state index in [9.17, 15) is 18.0 Å². The van der Waals surface area contributed by atoms with Gasteiger partial charge in [0.25, 0.3) is 5.56 Å². The number of thiophene rings is 1. The van der Waals surface area contributed by atoms with Crippen LogP contribution in [0.25, 0.3) is 16.6 Å². The third-order valence-electron chi connectivity index (χ3n) is 5.10. The number of nitrogens with two attached hydrogens (primary N) is 1. The van der Waals surface area contributed by atoms with Crippen molar-refractivity contribution in [3.8, 4) is 5.82 Å². The molecule has 0 radical (unpaired) electrons. The molecule has 0 atom stereocenters. The zero-order chi connectivity index (χ0) is 24.5. The number of fused-ring (bicyclic) bond motifs is 1. The number of Topliss-reactive ketones (excluding diaryl/α,β-unsaturated/α-hetero) is 1. The zero-order valence-corrected chi connectivity index (χ0v) is 20.3. The summed E-state index contributed by atoms with van der Waals surface area (Å²) in [5.74, 6) is -0.328. The van der Waals surface area contributed by atoms with Crippen molar-refractivity contribution in [3.05, 3.63) is 86.7 Å². The van der Waals surface area contributed by atoms with Crippen molar-refractivity contribution in [1.29, 1.82) is 0 Å². The summed E-state index contributed by atoms with van der Waals surface area (Å²) in [5.41, 5.74) is 6.86. The number of nitrogens with zero attached hydrogens (tertiary/aromatic N) is 3. The summed E-state index contributed by atoms with van der Waals surface area (Å²) in [4.78, 5) is 33.6. The Hall–Kier alpha value is -3.34. The Bertz CT molecular complexity index is 1590. The molecule has 0 aliphatic carbocycles. The van der Waals surface area contributed by atoms with E-state index < -0.39 is 21.4 Å². The molecule has 8 nitrogen and oxygen atoms in total. The molecule has 11 heteroatoms. The number of aromatic nitrogens is 2. The van der Waals surface area contributed by atoms with Gasteiger partial charge in [-0.3, -0.25) is 19.1 Å². The summed E-state index contributed by atoms with van der Waals surface area (Å²) >= 11 is 6.71. The van der Waals surface area contributed by atoms with Crippen molar-refractivity contribution in [3.63, 3.8) is 0 Å².